The maximum absolute atomic E-state index is 13.3. The molecule has 0 spiro atoms. The minimum Gasteiger partial charge on any atom is -0.325 e. The van der Waals surface area contributed by atoms with Crippen LogP contribution in [0.2, 0.25) is 0 Å². The standard InChI is InChI=1S/C25H31N3O2S2/c1-6-28-24(30)20-18-11-7-8-13-19(18)32-23(20)27-25(28)31-16(5)22(29)26-21-15(4)10-9-12-17(21)14(2)3/h9-10,12,14,16H,6-8,11,13H2,1-5H3,(H,26,29). The van der Waals surface area contributed by atoms with Gasteiger partial charge in [-0.2, -0.15) is 0 Å². The second-order valence-corrected chi connectivity index (χ2v) is 11.2. The van der Waals surface area contributed by atoms with Crippen LogP contribution >= 0.6 is 23.1 Å². The molecule has 1 aromatic carbocycles. The fraction of sp³-hybridized carbons (Fsp3) is 0.480. The largest absolute Gasteiger partial charge is 0.325 e. The van der Waals surface area contributed by atoms with E-state index in [9.17, 15) is 9.59 Å². The molecule has 0 saturated carbocycles. The smallest absolute Gasteiger partial charge is 0.263 e. The van der Waals surface area contributed by atoms with E-state index in [4.69, 9.17) is 4.98 Å². The van der Waals surface area contributed by atoms with Gasteiger partial charge in [0.15, 0.2) is 5.16 Å². The number of carbonyl (C=O) groups excluding carboxylic acids is 1. The highest BCUT2D eigenvalue weighted by Crippen LogP contribution is 2.35. The molecule has 2 aromatic heterocycles. The second kappa shape index (κ2) is 9.40. The summed E-state index contributed by atoms with van der Waals surface area (Å²) >= 11 is 3.02. The van der Waals surface area contributed by atoms with Gasteiger partial charge in [0.1, 0.15) is 4.83 Å². The van der Waals surface area contributed by atoms with Crippen molar-refractivity contribution in [1.82, 2.24) is 9.55 Å². The number of para-hydroxylation sites is 1. The van der Waals surface area contributed by atoms with Gasteiger partial charge in [-0.25, -0.2) is 4.98 Å². The van der Waals surface area contributed by atoms with E-state index in [2.05, 4.69) is 25.2 Å². The van der Waals surface area contributed by atoms with Gasteiger partial charge in [-0.05, 0) is 69.1 Å². The van der Waals surface area contributed by atoms with E-state index in [0.717, 1.165) is 46.3 Å². The number of rotatable bonds is 6. The lowest BCUT2D eigenvalue weighted by atomic mass is 9.97. The molecule has 1 aliphatic rings. The molecular weight excluding hydrogens is 438 g/mol. The fourth-order valence-corrected chi connectivity index (χ4v) is 6.64. The molecule has 32 heavy (non-hydrogen) atoms. The number of amides is 1. The van der Waals surface area contributed by atoms with Gasteiger partial charge in [-0.3, -0.25) is 14.2 Å². The molecule has 1 unspecified atom stereocenters. The lowest BCUT2D eigenvalue weighted by molar-refractivity contribution is -0.115. The van der Waals surface area contributed by atoms with E-state index < -0.39 is 0 Å². The highest BCUT2D eigenvalue weighted by molar-refractivity contribution is 8.00. The number of benzene rings is 1. The molecule has 0 radical (unpaired) electrons. The molecule has 2 heterocycles. The summed E-state index contributed by atoms with van der Waals surface area (Å²) in [4.78, 5) is 33.4. The minimum atomic E-state index is -0.383. The molecule has 0 fully saturated rings. The van der Waals surface area contributed by atoms with Crippen LogP contribution in [0.25, 0.3) is 10.2 Å². The number of aromatic nitrogens is 2. The molecule has 0 bridgehead atoms. The third kappa shape index (κ3) is 4.25. The van der Waals surface area contributed by atoms with Crippen LogP contribution in [0.5, 0.6) is 0 Å². The summed E-state index contributed by atoms with van der Waals surface area (Å²) in [6, 6.07) is 6.11. The number of thiophene rings is 1. The van der Waals surface area contributed by atoms with Crippen LogP contribution in [0.15, 0.2) is 28.2 Å². The Bertz CT molecular complexity index is 1230. The minimum absolute atomic E-state index is 0.0352. The third-order valence-corrected chi connectivity index (χ3v) is 8.46. The summed E-state index contributed by atoms with van der Waals surface area (Å²) in [5.74, 6) is 0.237. The van der Waals surface area contributed by atoms with Crippen LogP contribution in [0.4, 0.5) is 5.69 Å². The molecule has 4 rings (SSSR count). The Hall–Kier alpha value is -2.12. The number of carbonyl (C=O) groups is 1. The number of nitrogens with zero attached hydrogens (tertiary/aromatic N) is 2. The highest BCUT2D eigenvalue weighted by Gasteiger charge is 2.24. The predicted octanol–water partition coefficient (Wildman–Crippen LogP) is 5.91. The average molecular weight is 470 g/mol. The summed E-state index contributed by atoms with van der Waals surface area (Å²) in [5.41, 5.74) is 4.31. The topological polar surface area (TPSA) is 64.0 Å². The van der Waals surface area contributed by atoms with Gasteiger partial charge < -0.3 is 5.32 Å². The first-order chi connectivity index (χ1) is 15.3. The molecule has 0 aliphatic heterocycles. The maximum Gasteiger partial charge on any atom is 0.263 e. The summed E-state index contributed by atoms with van der Waals surface area (Å²) in [5, 5.41) is 4.18. The molecule has 170 valence electrons. The first-order valence-corrected chi connectivity index (χ1v) is 13.1. The Morgan fingerprint density at radius 3 is 2.72 bits per heavy atom. The Labute approximate surface area is 197 Å². The normalized spacial score (nSPS) is 14.6. The van der Waals surface area contributed by atoms with Gasteiger partial charge in [0.25, 0.3) is 5.56 Å². The Balaban J connectivity index is 1.63. The molecular formula is C25H31N3O2S2. The fourth-order valence-electron chi connectivity index (χ4n) is 4.37. The van der Waals surface area contributed by atoms with E-state index in [1.165, 1.54) is 28.6 Å². The highest BCUT2D eigenvalue weighted by atomic mass is 32.2. The third-order valence-electron chi connectivity index (χ3n) is 6.18. The van der Waals surface area contributed by atoms with Crippen LogP contribution in [0.3, 0.4) is 0 Å². The van der Waals surface area contributed by atoms with Crippen molar-refractivity contribution in [3.05, 3.63) is 50.1 Å². The van der Waals surface area contributed by atoms with Gasteiger partial charge in [0, 0.05) is 17.1 Å². The van der Waals surface area contributed by atoms with Gasteiger partial charge in [0.2, 0.25) is 5.91 Å². The van der Waals surface area contributed by atoms with Crippen molar-refractivity contribution in [2.45, 2.75) is 83.2 Å². The van der Waals surface area contributed by atoms with E-state index >= 15 is 0 Å². The lowest BCUT2D eigenvalue weighted by Gasteiger charge is -2.19. The Morgan fingerprint density at radius 1 is 1.25 bits per heavy atom. The van der Waals surface area contributed by atoms with Crippen LogP contribution in [0.1, 0.15) is 68.0 Å². The van der Waals surface area contributed by atoms with Crippen LogP contribution in [-0.2, 0) is 24.2 Å². The first-order valence-electron chi connectivity index (χ1n) is 11.4. The summed E-state index contributed by atoms with van der Waals surface area (Å²) in [7, 11) is 0. The van der Waals surface area contributed by atoms with Crippen LogP contribution in [0, 0.1) is 6.92 Å². The van der Waals surface area contributed by atoms with Crippen LogP contribution < -0.4 is 10.9 Å². The second-order valence-electron chi connectivity index (χ2n) is 8.78. The molecule has 0 saturated heterocycles. The van der Waals surface area contributed by atoms with E-state index in [0.29, 0.717) is 17.6 Å². The monoisotopic (exact) mass is 469 g/mol. The number of thioether (sulfide) groups is 1. The molecule has 3 aromatic rings. The number of hydrogen-bond acceptors (Lipinski definition) is 5. The number of hydrogen-bond donors (Lipinski definition) is 1. The molecule has 1 N–H and O–H groups in total. The molecule has 5 nitrogen and oxygen atoms in total. The van der Waals surface area contributed by atoms with Gasteiger partial charge in [0.05, 0.1) is 10.6 Å². The molecule has 1 atom stereocenters. The average Bonchev–Trinajstić information content (AvgIpc) is 3.13. The van der Waals surface area contributed by atoms with Gasteiger partial charge in [-0.1, -0.05) is 43.8 Å². The number of fused-ring (bicyclic) bond motifs is 3. The van der Waals surface area contributed by atoms with Crippen LogP contribution in [-0.4, -0.2) is 20.7 Å². The molecule has 1 amide bonds. The first kappa shape index (κ1) is 23.1. The van der Waals surface area contributed by atoms with E-state index in [1.54, 1.807) is 15.9 Å². The maximum atomic E-state index is 13.3. The summed E-state index contributed by atoms with van der Waals surface area (Å²) in [6.07, 6.45) is 4.32. The Kier molecular flexibility index (Phi) is 6.77. The van der Waals surface area contributed by atoms with E-state index in [1.807, 2.05) is 32.9 Å². The van der Waals surface area contributed by atoms with Gasteiger partial charge >= 0.3 is 0 Å². The number of aryl methyl sites for hydroxylation is 3. The summed E-state index contributed by atoms with van der Waals surface area (Å²) in [6.45, 7) is 10.7. The Morgan fingerprint density at radius 2 is 2.00 bits per heavy atom. The van der Waals surface area contributed by atoms with Crippen molar-refractivity contribution in [3.63, 3.8) is 0 Å². The van der Waals surface area contributed by atoms with Crippen molar-refractivity contribution in [3.8, 4) is 0 Å². The molecule has 1 aliphatic carbocycles. The quantitative estimate of drug-likeness (QED) is 0.360. The van der Waals surface area contributed by atoms with Crippen molar-refractivity contribution in [2.24, 2.45) is 0 Å². The number of nitrogens with one attached hydrogen (secondary N) is 1. The van der Waals surface area contributed by atoms with Crippen molar-refractivity contribution < 1.29 is 4.79 Å². The zero-order valence-corrected chi connectivity index (χ0v) is 21.1. The van der Waals surface area contributed by atoms with Crippen molar-refractivity contribution in [2.75, 3.05) is 5.32 Å². The SMILES string of the molecule is CCn1c(SC(C)C(=O)Nc2c(C)cccc2C(C)C)nc2sc3c(c2c1=O)CCCC3. The predicted molar refractivity (Wildman–Crippen MR) is 135 cm³/mol. The van der Waals surface area contributed by atoms with Gasteiger partial charge in [-0.15, -0.1) is 11.3 Å². The molecule has 7 heteroatoms. The zero-order valence-electron chi connectivity index (χ0n) is 19.4. The number of anilines is 1. The summed E-state index contributed by atoms with van der Waals surface area (Å²) < 4.78 is 1.73. The lowest BCUT2D eigenvalue weighted by Crippen LogP contribution is -2.27. The van der Waals surface area contributed by atoms with E-state index in [-0.39, 0.29) is 16.7 Å². The van der Waals surface area contributed by atoms with Crippen molar-refractivity contribution in [1.29, 1.82) is 0 Å². The van der Waals surface area contributed by atoms with Crippen molar-refractivity contribution >= 4 is 44.9 Å². The zero-order chi connectivity index (χ0) is 23.0.